The van der Waals surface area contributed by atoms with Gasteiger partial charge in [0.2, 0.25) is 0 Å². The van der Waals surface area contributed by atoms with Gasteiger partial charge >= 0.3 is 0 Å². The molecule has 0 amide bonds. The van der Waals surface area contributed by atoms with Crippen molar-refractivity contribution in [2.75, 3.05) is 0 Å². The van der Waals surface area contributed by atoms with E-state index in [4.69, 9.17) is 4.74 Å². The van der Waals surface area contributed by atoms with Crippen LogP contribution in [0.3, 0.4) is 0 Å². The van der Waals surface area contributed by atoms with Crippen molar-refractivity contribution < 1.29 is 4.74 Å². The number of hydrogen-bond donors (Lipinski definition) is 0. The first kappa shape index (κ1) is 19.9. The van der Waals surface area contributed by atoms with Gasteiger partial charge in [-0.2, -0.15) is 9.81 Å². The average Bonchev–Trinajstić information content (AvgIpc) is 2.81. The van der Waals surface area contributed by atoms with E-state index in [1.54, 1.807) is 0 Å². The summed E-state index contributed by atoms with van der Waals surface area (Å²) in [6, 6.07) is 20.5. The summed E-state index contributed by atoms with van der Waals surface area (Å²) < 4.78 is 7.18. The van der Waals surface area contributed by atoms with E-state index in [1.807, 2.05) is 36.4 Å². The molecule has 0 aromatic heterocycles. The first-order chi connectivity index (χ1) is 14.2. The predicted molar refractivity (Wildman–Crippen MR) is 113 cm³/mol. The van der Waals surface area contributed by atoms with Gasteiger partial charge in [-0.25, -0.2) is 0 Å². The topological polar surface area (TPSA) is 68.1 Å². The average molecular weight is 392 g/mol. The summed E-state index contributed by atoms with van der Waals surface area (Å²) in [5.41, 5.74) is 1.44. The van der Waals surface area contributed by atoms with Crippen LogP contribution in [-0.4, -0.2) is 12.1 Å². The molecule has 0 unspecified atom stereocenters. The molecular formula is C24H28N2O3. The molecule has 5 nitrogen and oxygen atoms in total. The van der Waals surface area contributed by atoms with E-state index >= 15 is 0 Å². The molecule has 0 atom stereocenters. The molecule has 5 heteroatoms. The number of rotatable bonds is 6. The molecule has 152 valence electrons. The summed E-state index contributed by atoms with van der Waals surface area (Å²) in [7, 11) is 0. The molecule has 2 aromatic rings. The minimum atomic E-state index is -0.445. The Morgan fingerprint density at radius 3 is 1.28 bits per heavy atom. The van der Waals surface area contributed by atoms with Crippen LogP contribution < -0.4 is 0 Å². The maximum atomic E-state index is 11.1. The van der Waals surface area contributed by atoms with E-state index in [0.29, 0.717) is 0 Å². The molecule has 0 saturated heterocycles. The van der Waals surface area contributed by atoms with E-state index in [0.717, 1.165) is 62.5 Å². The van der Waals surface area contributed by atoms with Gasteiger partial charge in [0.05, 0.1) is 23.3 Å². The Morgan fingerprint density at radius 1 is 0.621 bits per heavy atom. The van der Waals surface area contributed by atoms with Crippen molar-refractivity contribution in [2.24, 2.45) is 10.4 Å². The van der Waals surface area contributed by atoms with Crippen molar-refractivity contribution in [2.45, 2.75) is 74.7 Å². The van der Waals surface area contributed by atoms with Gasteiger partial charge < -0.3 is 4.74 Å². The van der Waals surface area contributed by atoms with Crippen molar-refractivity contribution in [1.29, 1.82) is 0 Å². The van der Waals surface area contributed by atoms with Crippen LogP contribution in [0.1, 0.15) is 62.5 Å². The molecular weight excluding hydrogens is 364 g/mol. The van der Waals surface area contributed by atoms with Gasteiger partial charge in [0.15, 0.2) is 0 Å². The zero-order valence-corrected chi connectivity index (χ0v) is 16.7. The highest BCUT2D eigenvalue weighted by molar-refractivity contribution is 5.28. The lowest BCUT2D eigenvalue weighted by atomic mass is 9.73. The molecule has 2 aliphatic rings. The Bertz CT molecular complexity index is 739. The van der Waals surface area contributed by atoms with E-state index in [2.05, 4.69) is 34.6 Å². The molecule has 0 spiro atoms. The Balaban J connectivity index is 1.71. The van der Waals surface area contributed by atoms with Crippen LogP contribution in [0.25, 0.3) is 0 Å². The van der Waals surface area contributed by atoms with E-state index in [9.17, 15) is 9.81 Å². The van der Waals surface area contributed by atoms with Gasteiger partial charge in [-0.1, -0.05) is 71.0 Å². The Hall–Kier alpha value is -2.40. The second kappa shape index (κ2) is 8.54. The predicted octanol–water partition coefficient (Wildman–Crippen LogP) is 6.21. The van der Waals surface area contributed by atoms with Crippen LogP contribution in [0.5, 0.6) is 0 Å². The maximum Gasteiger partial charge on any atom is 0.0945 e. The highest BCUT2D eigenvalue weighted by Crippen LogP contribution is 2.51. The van der Waals surface area contributed by atoms with Gasteiger partial charge in [-0.15, -0.1) is 0 Å². The molecule has 0 N–H and O–H groups in total. The molecule has 4 rings (SSSR count). The highest BCUT2D eigenvalue weighted by atomic mass is 16.5. The molecule has 0 radical (unpaired) electrons. The quantitative estimate of drug-likeness (QED) is 0.549. The second-order valence-corrected chi connectivity index (χ2v) is 8.50. The number of benzene rings is 2. The van der Waals surface area contributed by atoms with Gasteiger partial charge in [0, 0.05) is 0 Å². The van der Waals surface area contributed by atoms with Crippen molar-refractivity contribution in [1.82, 2.24) is 0 Å². The van der Waals surface area contributed by atoms with Gasteiger partial charge in [0.25, 0.3) is 0 Å². The molecule has 0 heterocycles. The van der Waals surface area contributed by atoms with Crippen LogP contribution >= 0.6 is 0 Å². The van der Waals surface area contributed by atoms with Crippen LogP contribution in [0.15, 0.2) is 71.0 Å². The summed E-state index contributed by atoms with van der Waals surface area (Å²) >= 11 is 0. The second-order valence-electron chi connectivity index (χ2n) is 8.50. The fourth-order valence-electron chi connectivity index (χ4n) is 5.11. The summed E-state index contributed by atoms with van der Waals surface area (Å²) in [5, 5.41) is 6.59. The first-order valence-electron chi connectivity index (χ1n) is 10.7. The maximum absolute atomic E-state index is 11.1. The number of nitroso groups, excluding NO2 is 2. The smallest absolute Gasteiger partial charge is 0.0945 e. The summed E-state index contributed by atoms with van der Waals surface area (Å²) in [6.07, 6.45) is 6.05. The van der Waals surface area contributed by atoms with E-state index in [1.165, 1.54) is 0 Å². The molecule has 0 bridgehead atoms. The van der Waals surface area contributed by atoms with Gasteiger partial charge in [-0.3, -0.25) is 0 Å². The van der Waals surface area contributed by atoms with Crippen LogP contribution in [0.4, 0.5) is 0 Å². The van der Waals surface area contributed by atoms with E-state index < -0.39 is 11.2 Å². The van der Waals surface area contributed by atoms with Crippen molar-refractivity contribution in [3.8, 4) is 0 Å². The summed E-state index contributed by atoms with van der Waals surface area (Å²) in [4.78, 5) is 22.2. The summed E-state index contributed by atoms with van der Waals surface area (Å²) in [6.45, 7) is 0. The van der Waals surface area contributed by atoms with Crippen molar-refractivity contribution in [3.63, 3.8) is 0 Å². The fraction of sp³-hybridized carbons (Fsp3) is 0.500. The largest absolute Gasteiger partial charge is 0.359 e. The number of nitrogens with zero attached hydrogens (tertiary/aromatic N) is 2. The molecule has 2 aromatic carbocycles. The lowest BCUT2D eigenvalue weighted by molar-refractivity contribution is -0.199. The van der Waals surface area contributed by atoms with Gasteiger partial charge in [0.1, 0.15) is 0 Å². The minimum absolute atomic E-state index is 0.127. The summed E-state index contributed by atoms with van der Waals surface area (Å²) in [5.74, 6) is 0. The Morgan fingerprint density at radius 2 is 0.966 bits per heavy atom. The number of hydrogen-bond acceptors (Lipinski definition) is 5. The molecule has 2 fully saturated rings. The first-order valence-corrected chi connectivity index (χ1v) is 10.7. The third-order valence-corrected chi connectivity index (χ3v) is 6.81. The third kappa shape index (κ3) is 4.01. The van der Waals surface area contributed by atoms with Crippen LogP contribution in [0.2, 0.25) is 0 Å². The highest BCUT2D eigenvalue weighted by Gasteiger charge is 2.47. The molecule has 2 aliphatic carbocycles. The minimum Gasteiger partial charge on any atom is -0.359 e. The van der Waals surface area contributed by atoms with Crippen LogP contribution in [-0.2, 0) is 15.9 Å². The molecule has 0 aliphatic heterocycles. The van der Waals surface area contributed by atoms with Crippen molar-refractivity contribution >= 4 is 0 Å². The Labute approximate surface area is 171 Å². The zero-order chi connectivity index (χ0) is 20.2. The molecule has 29 heavy (non-hydrogen) atoms. The van der Waals surface area contributed by atoms with Crippen LogP contribution in [0, 0.1) is 9.81 Å². The lowest BCUT2D eigenvalue weighted by Crippen LogP contribution is -2.46. The third-order valence-electron chi connectivity index (χ3n) is 6.81. The standard InChI is InChI=1S/C24H28N2O3/c27-25-21-11-15-23(16-12-21,19-7-3-1-4-8-19)29-24(20-9-5-2-6-10-20)17-13-22(26-28)14-18-24/h1-10,21-22H,11-18H2. The van der Waals surface area contributed by atoms with Crippen molar-refractivity contribution in [3.05, 3.63) is 81.6 Å². The lowest BCUT2D eigenvalue weighted by Gasteiger charge is -2.49. The zero-order valence-electron chi connectivity index (χ0n) is 16.7. The SMILES string of the molecule is O=NC1CCC(OC2(c3ccccc3)CCC(N=O)CC2)(c2ccccc2)CC1. The monoisotopic (exact) mass is 392 g/mol. The Kier molecular flexibility index (Phi) is 5.86. The van der Waals surface area contributed by atoms with Gasteiger partial charge in [-0.05, 0) is 62.5 Å². The fourth-order valence-corrected chi connectivity index (χ4v) is 5.11. The molecule has 2 saturated carbocycles. The number of ether oxygens (including phenoxy) is 1. The van der Waals surface area contributed by atoms with E-state index in [-0.39, 0.29) is 12.1 Å². The normalized spacial score (nSPS) is 32.4.